The molecule has 0 amide bonds. The number of hydrogen-bond donors (Lipinski definition) is 0. The molecular formula is C23H19BrF3N7. The molecule has 1 aliphatic carbocycles. The van der Waals surface area contributed by atoms with Crippen molar-refractivity contribution in [2.75, 3.05) is 11.4 Å². The Bertz CT molecular complexity index is 1330. The maximum Gasteiger partial charge on any atom is 0.416 e. The monoisotopic (exact) mass is 529 g/mol. The average Bonchev–Trinajstić information content (AvgIpc) is 3.66. The molecule has 0 N–H and O–H groups in total. The molecule has 0 bridgehead atoms. The van der Waals surface area contributed by atoms with Crippen LogP contribution < -0.4 is 4.90 Å². The highest BCUT2D eigenvalue weighted by Crippen LogP contribution is 2.41. The van der Waals surface area contributed by atoms with E-state index in [0.29, 0.717) is 46.4 Å². The van der Waals surface area contributed by atoms with Crippen LogP contribution in [0, 0.1) is 5.92 Å². The van der Waals surface area contributed by atoms with Crippen LogP contribution in [0.5, 0.6) is 0 Å². The summed E-state index contributed by atoms with van der Waals surface area (Å²) in [5, 5.41) is 0.318. The number of hydrogen-bond acceptors (Lipinski definition) is 7. The van der Waals surface area contributed by atoms with Crippen LogP contribution in [-0.2, 0) is 6.18 Å². The first kappa shape index (κ1) is 22.6. The highest BCUT2D eigenvalue weighted by atomic mass is 79.9. The number of halogens is 4. The van der Waals surface area contributed by atoms with E-state index in [4.69, 9.17) is 0 Å². The molecule has 1 saturated carbocycles. The average molecular weight is 530 g/mol. The molecule has 1 fully saturated rings. The van der Waals surface area contributed by atoms with Gasteiger partial charge in [-0.25, -0.2) is 24.9 Å². The summed E-state index contributed by atoms with van der Waals surface area (Å²) in [5.41, 5.74) is 0.788. The molecule has 0 radical (unpaired) electrons. The largest absolute Gasteiger partial charge is 0.416 e. The lowest BCUT2D eigenvalue weighted by Gasteiger charge is -2.31. The Morgan fingerprint density at radius 2 is 1.74 bits per heavy atom. The van der Waals surface area contributed by atoms with Gasteiger partial charge in [0.2, 0.25) is 0 Å². The number of anilines is 1. The van der Waals surface area contributed by atoms with Gasteiger partial charge in [-0.05, 0) is 59.8 Å². The maximum absolute atomic E-state index is 13.6. The van der Waals surface area contributed by atoms with Crippen LogP contribution in [0.4, 0.5) is 19.0 Å². The number of nitrogens with zero attached hydrogens (tertiary/aromatic N) is 7. The summed E-state index contributed by atoms with van der Waals surface area (Å²) in [5.74, 6) is 1.27. The molecule has 174 valence electrons. The highest BCUT2D eigenvalue weighted by molar-refractivity contribution is 9.10. The van der Waals surface area contributed by atoms with Crippen molar-refractivity contribution >= 4 is 32.7 Å². The fourth-order valence-electron chi connectivity index (χ4n) is 3.91. The molecule has 3 heterocycles. The van der Waals surface area contributed by atoms with Crippen LogP contribution in [0.15, 0.2) is 53.8 Å². The van der Waals surface area contributed by atoms with E-state index >= 15 is 0 Å². The van der Waals surface area contributed by atoms with Crippen molar-refractivity contribution in [3.63, 3.8) is 0 Å². The molecule has 3 aromatic heterocycles. The Balaban J connectivity index is 1.66. The van der Waals surface area contributed by atoms with Crippen LogP contribution in [-0.4, -0.2) is 36.4 Å². The fourth-order valence-corrected chi connectivity index (χ4v) is 4.47. The molecule has 11 heteroatoms. The SMILES string of the molecule is CC(c1nccnc1-c1ncccn1)N(CC1CC1)c1ncnc2c(Br)cc(C(F)(F)F)cc12. The third-order valence-corrected chi connectivity index (χ3v) is 6.39. The number of fused-ring (bicyclic) bond motifs is 1. The summed E-state index contributed by atoms with van der Waals surface area (Å²) in [7, 11) is 0. The zero-order chi connectivity index (χ0) is 23.9. The highest BCUT2D eigenvalue weighted by Gasteiger charge is 2.34. The molecule has 0 saturated heterocycles. The predicted molar refractivity (Wildman–Crippen MR) is 124 cm³/mol. The van der Waals surface area contributed by atoms with E-state index in [2.05, 4.69) is 45.8 Å². The summed E-state index contributed by atoms with van der Waals surface area (Å²) >= 11 is 3.26. The topological polar surface area (TPSA) is 80.6 Å². The van der Waals surface area contributed by atoms with Gasteiger partial charge in [0.05, 0.1) is 22.8 Å². The van der Waals surface area contributed by atoms with Crippen molar-refractivity contribution in [1.82, 2.24) is 29.9 Å². The first-order valence-corrected chi connectivity index (χ1v) is 11.5. The number of alkyl halides is 3. The van der Waals surface area contributed by atoms with E-state index in [0.717, 1.165) is 25.0 Å². The van der Waals surface area contributed by atoms with Crippen LogP contribution in [0.3, 0.4) is 0 Å². The molecule has 5 rings (SSSR count). The zero-order valence-electron chi connectivity index (χ0n) is 18.0. The van der Waals surface area contributed by atoms with Gasteiger partial charge in [-0.2, -0.15) is 13.2 Å². The van der Waals surface area contributed by atoms with Crippen LogP contribution >= 0.6 is 15.9 Å². The smallest absolute Gasteiger partial charge is 0.347 e. The lowest BCUT2D eigenvalue weighted by Crippen LogP contribution is -2.31. The minimum atomic E-state index is -4.50. The van der Waals surface area contributed by atoms with Gasteiger partial charge in [0, 0.05) is 41.2 Å². The maximum atomic E-state index is 13.6. The lowest BCUT2D eigenvalue weighted by atomic mass is 10.1. The first-order valence-electron chi connectivity index (χ1n) is 10.7. The van der Waals surface area contributed by atoms with Crippen molar-refractivity contribution in [3.05, 3.63) is 65.0 Å². The summed E-state index contributed by atoms with van der Waals surface area (Å²) in [4.78, 5) is 28.3. The third kappa shape index (κ3) is 4.44. The van der Waals surface area contributed by atoms with E-state index in [1.807, 2.05) is 11.8 Å². The van der Waals surface area contributed by atoms with Crippen LogP contribution in [0.25, 0.3) is 22.4 Å². The van der Waals surface area contributed by atoms with Crippen LogP contribution in [0.1, 0.15) is 37.1 Å². The Morgan fingerprint density at radius 3 is 2.44 bits per heavy atom. The summed E-state index contributed by atoms with van der Waals surface area (Å²) in [6.45, 7) is 2.56. The summed E-state index contributed by atoms with van der Waals surface area (Å²) < 4.78 is 41.1. The van der Waals surface area contributed by atoms with E-state index in [1.54, 1.807) is 30.9 Å². The van der Waals surface area contributed by atoms with Gasteiger partial charge in [0.1, 0.15) is 17.8 Å². The van der Waals surface area contributed by atoms with E-state index in [-0.39, 0.29) is 10.5 Å². The molecule has 34 heavy (non-hydrogen) atoms. The van der Waals surface area contributed by atoms with Crippen molar-refractivity contribution in [2.45, 2.75) is 32.0 Å². The summed E-state index contributed by atoms with van der Waals surface area (Å²) in [6, 6.07) is 3.51. The minimum Gasteiger partial charge on any atom is -0.347 e. The van der Waals surface area contributed by atoms with E-state index < -0.39 is 11.7 Å². The number of rotatable bonds is 6. The van der Waals surface area contributed by atoms with Gasteiger partial charge in [0.25, 0.3) is 0 Å². The first-order chi connectivity index (χ1) is 16.3. The van der Waals surface area contributed by atoms with E-state index in [1.165, 1.54) is 6.33 Å². The van der Waals surface area contributed by atoms with Gasteiger partial charge in [-0.15, -0.1) is 0 Å². The van der Waals surface area contributed by atoms with Crippen molar-refractivity contribution in [2.24, 2.45) is 5.92 Å². The second-order valence-corrected chi connectivity index (χ2v) is 9.04. The van der Waals surface area contributed by atoms with Gasteiger partial charge in [-0.1, -0.05) is 0 Å². The second-order valence-electron chi connectivity index (χ2n) is 8.18. The second kappa shape index (κ2) is 8.86. The Morgan fingerprint density at radius 1 is 1.00 bits per heavy atom. The summed E-state index contributed by atoms with van der Waals surface area (Å²) in [6.07, 6.45) is 5.39. The van der Waals surface area contributed by atoms with Crippen molar-refractivity contribution in [3.8, 4) is 11.5 Å². The minimum absolute atomic E-state index is 0.262. The normalized spacial score (nSPS) is 14.9. The van der Waals surface area contributed by atoms with Crippen LogP contribution in [0.2, 0.25) is 0 Å². The quantitative estimate of drug-likeness (QED) is 0.320. The standard InChI is InChI=1S/C23H19BrF3N7/c1-13(18-20(29-8-7-28-18)21-30-5-2-6-31-21)34(11-14-3-4-14)22-16-9-15(23(25,26)27)10-17(24)19(16)32-12-33-22/h2,5-10,12-14H,3-4,11H2,1H3. The van der Waals surface area contributed by atoms with E-state index in [9.17, 15) is 13.2 Å². The molecule has 4 aromatic rings. The zero-order valence-corrected chi connectivity index (χ0v) is 19.6. The van der Waals surface area contributed by atoms with Gasteiger partial charge < -0.3 is 4.90 Å². The predicted octanol–water partition coefficient (Wildman–Crippen LogP) is 5.64. The van der Waals surface area contributed by atoms with Crippen molar-refractivity contribution in [1.29, 1.82) is 0 Å². The molecule has 1 aromatic carbocycles. The molecule has 1 atom stereocenters. The number of aromatic nitrogens is 6. The fraction of sp³-hybridized carbons (Fsp3) is 0.304. The van der Waals surface area contributed by atoms with Gasteiger partial charge in [-0.3, -0.25) is 4.98 Å². The molecule has 1 unspecified atom stereocenters. The lowest BCUT2D eigenvalue weighted by molar-refractivity contribution is -0.137. The molecule has 7 nitrogen and oxygen atoms in total. The molecule has 1 aliphatic rings. The Labute approximate surface area is 201 Å². The molecular weight excluding hydrogens is 511 g/mol. The third-order valence-electron chi connectivity index (χ3n) is 5.79. The Kier molecular flexibility index (Phi) is 5.88. The van der Waals surface area contributed by atoms with Gasteiger partial charge >= 0.3 is 6.18 Å². The molecule has 0 spiro atoms. The Hall–Kier alpha value is -3.21. The van der Waals surface area contributed by atoms with Gasteiger partial charge in [0.15, 0.2) is 5.82 Å². The van der Waals surface area contributed by atoms with Crippen molar-refractivity contribution < 1.29 is 13.2 Å². The number of benzene rings is 1. The molecule has 0 aliphatic heterocycles.